The number of thiophene rings is 1. The van der Waals surface area contributed by atoms with Crippen LogP contribution >= 0.6 is 11.3 Å². The molecule has 0 unspecified atom stereocenters. The highest BCUT2D eigenvalue weighted by atomic mass is 32.1. The van der Waals surface area contributed by atoms with Crippen molar-refractivity contribution in [2.75, 3.05) is 7.11 Å². The molecule has 0 aliphatic heterocycles. The van der Waals surface area contributed by atoms with Crippen molar-refractivity contribution in [1.29, 1.82) is 0 Å². The first-order chi connectivity index (χ1) is 7.24. The Morgan fingerprint density at radius 2 is 2.40 bits per heavy atom. The second-order valence-corrected chi connectivity index (χ2v) is 3.81. The molecule has 15 heavy (non-hydrogen) atoms. The maximum absolute atomic E-state index is 12.0. The van der Waals surface area contributed by atoms with Gasteiger partial charge in [0.15, 0.2) is 0 Å². The summed E-state index contributed by atoms with van der Waals surface area (Å²) in [4.78, 5) is 12.6. The topological polar surface area (TPSA) is 57.0 Å². The van der Waals surface area contributed by atoms with Crippen molar-refractivity contribution in [1.82, 2.24) is 15.0 Å². The first-order valence-corrected chi connectivity index (χ1v) is 5.13. The average molecular weight is 223 g/mol. The van der Waals surface area contributed by atoms with E-state index in [2.05, 4.69) is 10.3 Å². The first-order valence-electron chi connectivity index (χ1n) is 4.25. The molecule has 0 radical (unpaired) electrons. The number of aryl methyl sites for hydroxylation is 1. The van der Waals surface area contributed by atoms with Crippen LogP contribution in [0.3, 0.4) is 0 Å². The van der Waals surface area contributed by atoms with Crippen molar-refractivity contribution >= 4 is 17.1 Å². The Balaban J connectivity index is 2.41. The van der Waals surface area contributed by atoms with Crippen LogP contribution < -0.4 is 4.74 Å². The maximum atomic E-state index is 12.0. The fraction of sp³-hybridized carbons (Fsp3) is 0.222. The minimum atomic E-state index is -0.116. The minimum Gasteiger partial charge on any atom is -0.495 e. The summed E-state index contributed by atoms with van der Waals surface area (Å²) in [6, 6.07) is 1.77. The highest BCUT2D eigenvalue weighted by molar-refractivity contribution is 7.12. The zero-order valence-corrected chi connectivity index (χ0v) is 9.11. The second-order valence-electron chi connectivity index (χ2n) is 2.89. The molecule has 0 aliphatic carbocycles. The molecule has 2 aromatic heterocycles. The van der Waals surface area contributed by atoms with Crippen LogP contribution in [-0.2, 0) is 7.05 Å². The third-order valence-corrected chi connectivity index (χ3v) is 2.90. The normalized spacial score (nSPS) is 10.3. The van der Waals surface area contributed by atoms with E-state index in [9.17, 15) is 4.79 Å². The number of hydrogen-bond donors (Lipinski definition) is 0. The van der Waals surface area contributed by atoms with Crippen molar-refractivity contribution in [3.8, 4) is 5.75 Å². The number of rotatable bonds is 3. The van der Waals surface area contributed by atoms with Gasteiger partial charge < -0.3 is 4.74 Å². The molecule has 0 aromatic carbocycles. The van der Waals surface area contributed by atoms with Crippen molar-refractivity contribution in [3.63, 3.8) is 0 Å². The molecule has 0 atom stereocenters. The molecule has 0 amide bonds. The fourth-order valence-corrected chi connectivity index (χ4v) is 2.04. The van der Waals surface area contributed by atoms with Crippen LogP contribution in [0, 0.1) is 0 Å². The van der Waals surface area contributed by atoms with Crippen molar-refractivity contribution in [2.45, 2.75) is 0 Å². The van der Waals surface area contributed by atoms with Gasteiger partial charge in [-0.25, -0.2) is 4.68 Å². The van der Waals surface area contributed by atoms with Gasteiger partial charge in [-0.1, -0.05) is 5.21 Å². The molecule has 0 spiro atoms. The van der Waals surface area contributed by atoms with E-state index in [1.54, 1.807) is 20.2 Å². The molecule has 6 heteroatoms. The lowest BCUT2D eigenvalue weighted by Gasteiger charge is -2.00. The summed E-state index contributed by atoms with van der Waals surface area (Å²) in [5.41, 5.74) is 0.454. The van der Waals surface area contributed by atoms with Gasteiger partial charge in [-0.05, 0) is 11.4 Å². The molecule has 0 saturated heterocycles. The summed E-state index contributed by atoms with van der Waals surface area (Å²) in [5, 5.41) is 9.19. The Kier molecular flexibility index (Phi) is 2.51. The van der Waals surface area contributed by atoms with Crippen LogP contribution in [0.2, 0.25) is 0 Å². The summed E-state index contributed by atoms with van der Waals surface area (Å²) >= 11 is 1.35. The smallest absolute Gasteiger partial charge is 0.226 e. The van der Waals surface area contributed by atoms with E-state index in [0.717, 1.165) is 0 Å². The van der Waals surface area contributed by atoms with Crippen LogP contribution in [-0.4, -0.2) is 27.9 Å². The number of ether oxygens (including phenoxy) is 1. The molecule has 0 N–H and O–H groups in total. The number of aromatic nitrogens is 3. The Bertz CT molecular complexity index is 489. The number of carbonyl (C=O) groups is 1. The average Bonchev–Trinajstić information content (AvgIpc) is 2.84. The summed E-state index contributed by atoms with van der Waals surface area (Å²) < 4.78 is 6.53. The van der Waals surface area contributed by atoms with Crippen LogP contribution in [0.5, 0.6) is 5.75 Å². The Morgan fingerprint density at radius 3 is 3.00 bits per heavy atom. The third-order valence-electron chi connectivity index (χ3n) is 2.00. The maximum Gasteiger partial charge on any atom is 0.226 e. The van der Waals surface area contributed by atoms with Gasteiger partial charge in [0.25, 0.3) is 0 Å². The van der Waals surface area contributed by atoms with E-state index < -0.39 is 0 Å². The van der Waals surface area contributed by atoms with E-state index >= 15 is 0 Å². The second kappa shape index (κ2) is 3.82. The molecular formula is C9H9N3O2S. The molecule has 0 bridgehead atoms. The lowest BCUT2D eigenvalue weighted by molar-refractivity contribution is 0.103. The van der Waals surface area contributed by atoms with Gasteiger partial charge in [0.1, 0.15) is 16.3 Å². The quantitative estimate of drug-likeness (QED) is 0.731. The van der Waals surface area contributed by atoms with Gasteiger partial charge >= 0.3 is 0 Å². The van der Waals surface area contributed by atoms with Crippen LogP contribution in [0.15, 0.2) is 17.6 Å². The number of carbonyl (C=O) groups excluding carboxylic acids is 1. The van der Waals surface area contributed by atoms with Crippen LogP contribution in [0.4, 0.5) is 0 Å². The van der Waals surface area contributed by atoms with Gasteiger partial charge in [-0.2, -0.15) is 0 Å². The van der Waals surface area contributed by atoms with Gasteiger partial charge in [0.2, 0.25) is 5.78 Å². The lowest BCUT2D eigenvalue weighted by atomic mass is 10.2. The summed E-state index contributed by atoms with van der Waals surface area (Å²) in [7, 11) is 3.22. The van der Waals surface area contributed by atoms with Crippen molar-refractivity contribution in [2.24, 2.45) is 7.05 Å². The minimum absolute atomic E-state index is 0.116. The molecular weight excluding hydrogens is 214 g/mol. The fourth-order valence-electron chi connectivity index (χ4n) is 1.24. The van der Waals surface area contributed by atoms with E-state index in [1.165, 1.54) is 22.2 Å². The third kappa shape index (κ3) is 1.63. The zero-order chi connectivity index (χ0) is 10.8. The number of ketones is 1. The van der Waals surface area contributed by atoms with Gasteiger partial charge in [-0.3, -0.25) is 4.79 Å². The van der Waals surface area contributed by atoms with Crippen LogP contribution in [0.1, 0.15) is 15.4 Å². The molecule has 5 nitrogen and oxygen atoms in total. The van der Waals surface area contributed by atoms with Crippen LogP contribution in [0.25, 0.3) is 0 Å². The summed E-state index contributed by atoms with van der Waals surface area (Å²) in [6.45, 7) is 0. The Labute approximate surface area is 90.3 Å². The molecule has 78 valence electrons. The van der Waals surface area contributed by atoms with E-state index in [4.69, 9.17) is 4.74 Å². The zero-order valence-electron chi connectivity index (χ0n) is 8.30. The highest BCUT2D eigenvalue weighted by Crippen LogP contribution is 2.26. The SMILES string of the molecule is COc1ccsc1C(=O)c1cnnn1C. The molecule has 0 saturated carbocycles. The highest BCUT2D eigenvalue weighted by Gasteiger charge is 2.19. The Morgan fingerprint density at radius 1 is 1.60 bits per heavy atom. The summed E-state index contributed by atoms with van der Waals surface area (Å²) in [6.07, 6.45) is 1.45. The van der Waals surface area contributed by atoms with Crippen molar-refractivity contribution in [3.05, 3.63) is 28.2 Å². The van der Waals surface area contributed by atoms with Gasteiger partial charge in [0.05, 0.1) is 13.3 Å². The van der Waals surface area contributed by atoms with Gasteiger partial charge in [0, 0.05) is 7.05 Å². The van der Waals surface area contributed by atoms with Gasteiger partial charge in [-0.15, -0.1) is 16.4 Å². The molecule has 2 rings (SSSR count). The standard InChI is InChI=1S/C9H9N3O2S/c1-12-6(5-10-11-12)8(13)9-7(14-2)3-4-15-9/h3-5H,1-2H3. The molecule has 0 aliphatic rings. The van der Waals surface area contributed by atoms with E-state index in [-0.39, 0.29) is 5.78 Å². The molecule has 2 aromatic rings. The lowest BCUT2D eigenvalue weighted by Crippen LogP contribution is -2.07. The largest absolute Gasteiger partial charge is 0.495 e. The predicted octanol–water partition coefficient (Wildman–Crippen LogP) is 1.12. The first kappa shape index (κ1) is 9.85. The number of nitrogens with zero attached hydrogens (tertiary/aromatic N) is 3. The van der Waals surface area contributed by atoms with Crippen molar-refractivity contribution < 1.29 is 9.53 Å². The molecule has 2 heterocycles. The predicted molar refractivity (Wildman–Crippen MR) is 55.3 cm³/mol. The van der Waals surface area contributed by atoms with E-state index in [1.807, 2.05) is 5.38 Å². The monoisotopic (exact) mass is 223 g/mol. The molecule has 0 fully saturated rings. The number of hydrogen-bond acceptors (Lipinski definition) is 5. The van der Waals surface area contributed by atoms with E-state index in [0.29, 0.717) is 16.3 Å². The Hall–Kier alpha value is -1.69. The number of methoxy groups -OCH3 is 1. The summed E-state index contributed by atoms with van der Waals surface area (Å²) in [5.74, 6) is 0.473.